The summed E-state index contributed by atoms with van der Waals surface area (Å²) in [5.74, 6) is 2.12. The van der Waals surface area contributed by atoms with Gasteiger partial charge in [0.15, 0.2) is 0 Å². The lowest BCUT2D eigenvalue weighted by molar-refractivity contribution is -0.137. The first-order chi connectivity index (χ1) is 9.76. The van der Waals surface area contributed by atoms with Crippen molar-refractivity contribution in [2.45, 2.75) is 26.2 Å². The first kappa shape index (κ1) is 15.1. The normalized spacial score (nSPS) is 11.0. The number of hydrogen-bond donors (Lipinski definition) is 1. The molecule has 0 aliphatic heterocycles. The van der Waals surface area contributed by atoms with Crippen molar-refractivity contribution < 1.29 is 9.90 Å². The van der Waals surface area contributed by atoms with Gasteiger partial charge in [-0.3, -0.25) is 14.2 Å². The van der Waals surface area contributed by atoms with Crippen LogP contribution in [0.15, 0.2) is 35.1 Å². The van der Waals surface area contributed by atoms with Gasteiger partial charge in [0.05, 0.1) is 5.52 Å². The smallest absolute Gasteiger partial charge is 0.323 e. The van der Waals surface area contributed by atoms with Gasteiger partial charge in [0, 0.05) is 11.6 Å². The molecule has 2 rings (SSSR count). The molecule has 0 radical (unpaired) electrons. The maximum absolute atomic E-state index is 11.8. The fourth-order valence-electron chi connectivity index (χ4n) is 1.94. The third kappa shape index (κ3) is 3.83. The molecule has 0 atom stereocenters. The van der Waals surface area contributed by atoms with Crippen LogP contribution >= 0.6 is 0 Å². The van der Waals surface area contributed by atoms with E-state index in [4.69, 9.17) is 5.11 Å². The van der Waals surface area contributed by atoms with Gasteiger partial charge in [-0.15, -0.1) is 5.54 Å². The summed E-state index contributed by atoms with van der Waals surface area (Å²) in [6.07, 6.45) is 0. The van der Waals surface area contributed by atoms with E-state index in [0.717, 1.165) is 10.9 Å². The Morgan fingerprint density at radius 1 is 1.24 bits per heavy atom. The second kappa shape index (κ2) is 5.58. The van der Waals surface area contributed by atoms with E-state index in [1.807, 2.05) is 12.1 Å². The molecule has 0 saturated heterocycles. The zero-order valence-corrected chi connectivity index (χ0v) is 13.3. The van der Waals surface area contributed by atoms with Crippen LogP contribution in [0.5, 0.6) is 0 Å². The van der Waals surface area contributed by atoms with Crippen molar-refractivity contribution in [3.05, 3.63) is 46.2 Å². The van der Waals surface area contributed by atoms with E-state index in [1.165, 1.54) is 10.6 Å². The van der Waals surface area contributed by atoms with Crippen molar-refractivity contribution >= 4 is 24.9 Å². The monoisotopic (exact) mass is 299 g/mol. The number of carboxylic acid groups (broad SMARTS) is 1. The Hall–Kier alpha value is -2.32. The van der Waals surface area contributed by atoms with Gasteiger partial charge in [-0.2, -0.15) is 0 Å². The first-order valence-electron chi connectivity index (χ1n) is 6.65. The lowest BCUT2D eigenvalue weighted by Crippen LogP contribution is -2.23. The average Bonchev–Trinajstić information content (AvgIpc) is 2.38. The summed E-state index contributed by atoms with van der Waals surface area (Å²) in [6, 6.07) is 8.57. The van der Waals surface area contributed by atoms with E-state index in [1.54, 1.807) is 12.1 Å². The fourth-order valence-corrected chi connectivity index (χ4v) is 2.46. The van der Waals surface area contributed by atoms with E-state index in [9.17, 15) is 9.59 Å². The highest BCUT2D eigenvalue weighted by molar-refractivity contribution is 6.83. The number of aromatic nitrogens is 1. The van der Waals surface area contributed by atoms with Crippen LogP contribution in [0.4, 0.5) is 0 Å². The van der Waals surface area contributed by atoms with Gasteiger partial charge in [0.2, 0.25) is 0 Å². The molecule has 2 aromatic rings. The molecule has 5 heteroatoms. The molecule has 0 bridgehead atoms. The third-order valence-corrected chi connectivity index (χ3v) is 3.74. The molecule has 108 valence electrons. The van der Waals surface area contributed by atoms with Crippen molar-refractivity contribution in [1.29, 1.82) is 0 Å². The summed E-state index contributed by atoms with van der Waals surface area (Å²) in [5, 5.41) is 9.72. The third-order valence-electron chi connectivity index (χ3n) is 2.87. The first-order valence-corrected chi connectivity index (χ1v) is 10.1. The van der Waals surface area contributed by atoms with Crippen molar-refractivity contribution in [3.8, 4) is 11.5 Å². The topological polar surface area (TPSA) is 59.3 Å². The van der Waals surface area contributed by atoms with Gasteiger partial charge in [-0.1, -0.05) is 25.6 Å². The molecule has 0 fully saturated rings. The minimum Gasteiger partial charge on any atom is -0.480 e. The predicted octanol–water partition coefficient (Wildman–Crippen LogP) is 2.31. The minimum atomic E-state index is -1.44. The number of aliphatic carboxylic acids is 1. The summed E-state index contributed by atoms with van der Waals surface area (Å²) >= 11 is 0. The van der Waals surface area contributed by atoms with E-state index >= 15 is 0 Å². The van der Waals surface area contributed by atoms with E-state index < -0.39 is 14.0 Å². The van der Waals surface area contributed by atoms with Crippen LogP contribution in [0.1, 0.15) is 5.56 Å². The highest BCUT2D eigenvalue weighted by Gasteiger charge is 2.09. The summed E-state index contributed by atoms with van der Waals surface area (Å²) in [5.41, 5.74) is 4.47. The van der Waals surface area contributed by atoms with Gasteiger partial charge in [-0.25, -0.2) is 0 Å². The van der Waals surface area contributed by atoms with Gasteiger partial charge in [-0.05, 0) is 29.7 Å². The van der Waals surface area contributed by atoms with Crippen LogP contribution in [-0.2, 0) is 11.3 Å². The zero-order chi connectivity index (χ0) is 15.6. The molecular weight excluding hydrogens is 282 g/mol. The van der Waals surface area contributed by atoms with Crippen LogP contribution in [0.25, 0.3) is 10.9 Å². The number of nitrogens with zero attached hydrogens (tertiary/aromatic N) is 1. The number of hydrogen-bond acceptors (Lipinski definition) is 2. The number of benzene rings is 1. The second-order valence-corrected chi connectivity index (χ2v) is 10.7. The molecule has 4 nitrogen and oxygen atoms in total. The van der Waals surface area contributed by atoms with E-state index in [2.05, 4.69) is 31.1 Å². The number of carbonyl (C=O) groups is 1. The fraction of sp³-hybridized carbons (Fsp3) is 0.250. The largest absolute Gasteiger partial charge is 0.480 e. The molecule has 0 saturated carbocycles. The Kier molecular flexibility index (Phi) is 4.01. The minimum absolute atomic E-state index is 0.314. The highest BCUT2D eigenvalue weighted by Crippen LogP contribution is 2.14. The molecule has 0 spiro atoms. The number of rotatable bonds is 2. The Morgan fingerprint density at radius 2 is 1.95 bits per heavy atom. The lowest BCUT2D eigenvalue weighted by Gasteiger charge is -2.08. The van der Waals surface area contributed by atoms with Gasteiger partial charge in [0.25, 0.3) is 5.56 Å². The number of carboxylic acids is 1. The van der Waals surface area contributed by atoms with Gasteiger partial charge < -0.3 is 5.11 Å². The lowest BCUT2D eigenvalue weighted by atomic mass is 10.1. The molecule has 21 heavy (non-hydrogen) atoms. The molecule has 1 heterocycles. The zero-order valence-electron chi connectivity index (χ0n) is 12.3. The standard InChI is InChI=1S/C16H17NO3Si/c1-21(2,3)9-8-12-4-6-14-13(10-12)5-7-15(18)17(14)11-16(19)20/h4-7,10H,11H2,1-3H3,(H,19,20). The van der Waals surface area contributed by atoms with Crippen LogP contribution in [0.2, 0.25) is 19.6 Å². The quantitative estimate of drug-likeness (QED) is 0.684. The van der Waals surface area contributed by atoms with Crippen molar-refractivity contribution in [2.75, 3.05) is 0 Å². The molecule has 0 amide bonds. The van der Waals surface area contributed by atoms with Crippen LogP contribution in [0, 0.1) is 11.5 Å². The van der Waals surface area contributed by atoms with Crippen molar-refractivity contribution in [1.82, 2.24) is 4.57 Å². The highest BCUT2D eigenvalue weighted by atomic mass is 28.3. The van der Waals surface area contributed by atoms with Gasteiger partial charge in [0.1, 0.15) is 14.6 Å². The molecule has 0 unspecified atom stereocenters. The maximum atomic E-state index is 11.8. The summed E-state index contributed by atoms with van der Waals surface area (Å²) < 4.78 is 1.26. The van der Waals surface area contributed by atoms with Crippen molar-refractivity contribution in [2.24, 2.45) is 0 Å². The molecular formula is C16H17NO3Si. The number of fused-ring (bicyclic) bond motifs is 1. The van der Waals surface area contributed by atoms with Gasteiger partial charge >= 0.3 is 5.97 Å². The Labute approximate surface area is 124 Å². The average molecular weight is 299 g/mol. The molecule has 1 aromatic heterocycles. The van der Waals surface area contributed by atoms with Crippen LogP contribution in [-0.4, -0.2) is 23.7 Å². The van der Waals surface area contributed by atoms with Crippen LogP contribution in [0.3, 0.4) is 0 Å². The van der Waals surface area contributed by atoms with Crippen molar-refractivity contribution in [3.63, 3.8) is 0 Å². The second-order valence-electron chi connectivity index (χ2n) is 5.93. The molecule has 0 aliphatic carbocycles. The SMILES string of the molecule is C[Si](C)(C)C#Cc1ccc2c(ccc(=O)n2CC(=O)O)c1. The molecule has 1 aromatic carbocycles. The Morgan fingerprint density at radius 3 is 2.57 bits per heavy atom. The Balaban J connectivity index is 2.55. The number of pyridine rings is 1. The molecule has 0 aliphatic rings. The van der Waals surface area contributed by atoms with Crippen LogP contribution < -0.4 is 5.56 Å². The molecule has 1 N–H and O–H groups in total. The summed E-state index contributed by atoms with van der Waals surface area (Å²) in [4.78, 5) is 22.7. The summed E-state index contributed by atoms with van der Waals surface area (Å²) in [6.45, 7) is 6.18. The summed E-state index contributed by atoms with van der Waals surface area (Å²) in [7, 11) is -1.44. The van der Waals surface area contributed by atoms with E-state index in [0.29, 0.717) is 5.52 Å². The Bertz CT molecular complexity index is 819. The predicted molar refractivity (Wildman–Crippen MR) is 86.1 cm³/mol. The maximum Gasteiger partial charge on any atom is 0.323 e. The van der Waals surface area contributed by atoms with E-state index in [-0.39, 0.29) is 12.1 Å².